The van der Waals surface area contributed by atoms with Crippen LogP contribution in [0, 0.1) is 0 Å². The van der Waals surface area contributed by atoms with E-state index in [1.54, 1.807) is 0 Å². The normalized spacial score (nSPS) is 40.2. The number of likely N-dealkylation sites (N-methyl/N-ethyl adjacent to an activating group) is 1. The van der Waals surface area contributed by atoms with Crippen LogP contribution < -0.4 is 27.4 Å². The first-order valence-electron chi connectivity index (χ1n) is 12.7. The Morgan fingerprint density at radius 2 is 1.37 bits per heavy atom. The SMILES string of the molecule is CC(C)NC1(N)CCN(C)C(N)(N2CCCCC2)C1(NC1CCCCC1)NC1CC1. The third-order valence-corrected chi connectivity index (χ3v) is 8.05. The molecule has 2 heterocycles. The Hall–Kier alpha value is -0.280. The van der Waals surface area contributed by atoms with Crippen LogP contribution in [0.25, 0.3) is 0 Å². The monoisotopic (exact) mass is 421 g/mol. The molecule has 2 saturated heterocycles. The molecule has 7 heteroatoms. The Morgan fingerprint density at radius 3 is 1.93 bits per heavy atom. The zero-order chi connectivity index (χ0) is 21.4. The number of hydrogen-bond donors (Lipinski definition) is 5. The smallest absolute Gasteiger partial charge is 0.161 e. The molecule has 2 aliphatic heterocycles. The van der Waals surface area contributed by atoms with Crippen LogP contribution in [0.1, 0.15) is 84.5 Å². The molecule has 0 aromatic carbocycles. The fraction of sp³-hybridized carbons (Fsp3) is 1.00. The third kappa shape index (κ3) is 4.07. The molecule has 4 aliphatic rings. The minimum atomic E-state index is -0.678. The van der Waals surface area contributed by atoms with Crippen molar-refractivity contribution in [2.75, 3.05) is 26.7 Å². The molecule has 0 amide bonds. The van der Waals surface area contributed by atoms with Gasteiger partial charge in [0.25, 0.3) is 0 Å². The highest BCUT2D eigenvalue weighted by Crippen LogP contribution is 2.42. The van der Waals surface area contributed by atoms with E-state index in [1.165, 1.54) is 64.2 Å². The standard InChI is InChI=1S/C23H47N7/c1-18(2)26-21(24)14-17-29(3)23(25,30-15-8-5-9-16-30)22(21,28-20-12-13-20)27-19-10-6-4-7-11-19/h18-20,26-28H,4-17,24-25H2,1-3H3. The summed E-state index contributed by atoms with van der Waals surface area (Å²) in [6.45, 7) is 7.38. The number of hydrogen-bond acceptors (Lipinski definition) is 7. The summed E-state index contributed by atoms with van der Waals surface area (Å²) in [6, 6.07) is 1.25. The summed E-state index contributed by atoms with van der Waals surface area (Å²) >= 11 is 0. The summed E-state index contributed by atoms with van der Waals surface area (Å²) in [5.41, 5.74) is 13.8. The Bertz CT molecular complexity index is 570. The first kappa shape index (κ1) is 22.9. The minimum absolute atomic E-state index is 0.289. The quantitative estimate of drug-likeness (QED) is 0.397. The lowest BCUT2D eigenvalue weighted by Gasteiger charge is -2.68. The minimum Gasteiger partial charge on any atom is -0.310 e. The molecule has 0 bridgehead atoms. The van der Waals surface area contributed by atoms with Gasteiger partial charge in [0.05, 0.1) is 0 Å². The highest BCUT2D eigenvalue weighted by Gasteiger charge is 2.68. The van der Waals surface area contributed by atoms with E-state index in [2.05, 4.69) is 46.6 Å². The van der Waals surface area contributed by atoms with E-state index in [4.69, 9.17) is 11.5 Å². The van der Waals surface area contributed by atoms with Crippen LogP contribution in [-0.4, -0.2) is 71.7 Å². The van der Waals surface area contributed by atoms with Crippen molar-refractivity contribution in [3.8, 4) is 0 Å². The van der Waals surface area contributed by atoms with Crippen LogP contribution >= 0.6 is 0 Å². The first-order chi connectivity index (χ1) is 14.3. The fourth-order valence-corrected chi connectivity index (χ4v) is 6.32. The number of rotatable bonds is 7. The molecule has 3 unspecified atom stereocenters. The zero-order valence-corrected chi connectivity index (χ0v) is 19.7. The number of nitrogens with one attached hydrogen (secondary N) is 3. The average Bonchev–Trinajstić information content (AvgIpc) is 3.54. The van der Waals surface area contributed by atoms with Gasteiger partial charge in [0.2, 0.25) is 0 Å². The van der Waals surface area contributed by atoms with Gasteiger partial charge in [-0.25, -0.2) is 0 Å². The molecule has 2 aliphatic carbocycles. The van der Waals surface area contributed by atoms with Crippen LogP contribution in [0.2, 0.25) is 0 Å². The average molecular weight is 422 g/mol. The fourth-order valence-electron chi connectivity index (χ4n) is 6.32. The Labute approximate surface area is 184 Å². The molecule has 7 N–H and O–H groups in total. The van der Waals surface area contributed by atoms with E-state index >= 15 is 0 Å². The third-order valence-electron chi connectivity index (χ3n) is 8.05. The molecular formula is C23H47N7. The van der Waals surface area contributed by atoms with Crippen molar-refractivity contribution in [2.45, 2.75) is 120 Å². The first-order valence-corrected chi connectivity index (χ1v) is 12.7. The lowest BCUT2D eigenvalue weighted by Crippen LogP contribution is -2.98. The molecule has 0 radical (unpaired) electrons. The number of piperidine rings is 2. The van der Waals surface area contributed by atoms with Gasteiger partial charge in [-0.15, -0.1) is 0 Å². The predicted molar refractivity (Wildman–Crippen MR) is 124 cm³/mol. The summed E-state index contributed by atoms with van der Waals surface area (Å²) in [6.07, 6.45) is 13.4. The molecule has 0 aromatic rings. The van der Waals surface area contributed by atoms with Crippen molar-refractivity contribution in [1.29, 1.82) is 0 Å². The zero-order valence-electron chi connectivity index (χ0n) is 19.7. The van der Waals surface area contributed by atoms with Crippen molar-refractivity contribution in [3.63, 3.8) is 0 Å². The van der Waals surface area contributed by atoms with Crippen LogP contribution in [0.5, 0.6) is 0 Å². The van der Waals surface area contributed by atoms with Gasteiger partial charge in [-0.05, 0) is 65.8 Å². The summed E-state index contributed by atoms with van der Waals surface area (Å²) in [4.78, 5) is 4.92. The second-order valence-electron chi connectivity index (χ2n) is 10.9. The van der Waals surface area contributed by atoms with Crippen LogP contribution in [0.3, 0.4) is 0 Å². The summed E-state index contributed by atoms with van der Waals surface area (Å²) in [7, 11) is 2.20. The summed E-state index contributed by atoms with van der Waals surface area (Å²) < 4.78 is 0. The van der Waals surface area contributed by atoms with Gasteiger partial charge in [-0.3, -0.25) is 31.5 Å². The number of nitrogens with zero attached hydrogens (tertiary/aromatic N) is 2. The molecule has 30 heavy (non-hydrogen) atoms. The van der Waals surface area contributed by atoms with Crippen LogP contribution in [0.4, 0.5) is 0 Å². The van der Waals surface area contributed by atoms with Crippen molar-refractivity contribution in [2.24, 2.45) is 11.5 Å². The van der Waals surface area contributed by atoms with Gasteiger partial charge in [-0.1, -0.05) is 25.7 Å². The number of nitrogens with two attached hydrogens (primary N) is 2. The molecule has 4 fully saturated rings. The van der Waals surface area contributed by atoms with E-state index in [1.807, 2.05) is 0 Å². The van der Waals surface area contributed by atoms with E-state index in [0.717, 1.165) is 26.1 Å². The van der Waals surface area contributed by atoms with E-state index in [9.17, 15) is 0 Å². The predicted octanol–water partition coefficient (Wildman–Crippen LogP) is 1.44. The Kier molecular flexibility index (Phi) is 6.81. The van der Waals surface area contributed by atoms with Gasteiger partial charge in [0.1, 0.15) is 11.3 Å². The highest BCUT2D eigenvalue weighted by molar-refractivity contribution is 5.23. The number of likely N-dealkylation sites (tertiary alicyclic amines) is 2. The van der Waals surface area contributed by atoms with Crippen molar-refractivity contribution >= 4 is 0 Å². The Morgan fingerprint density at radius 1 is 0.800 bits per heavy atom. The maximum absolute atomic E-state index is 7.61. The largest absolute Gasteiger partial charge is 0.310 e. The van der Waals surface area contributed by atoms with E-state index < -0.39 is 17.1 Å². The summed E-state index contributed by atoms with van der Waals surface area (Å²) in [5, 5.41) is 12.0. The molecule has 174 valence electrons. The van der Waals surface area contributed by atoms with Gasteiger partial charge >= 0.3 is 0 Å². The van der Waals surface area contributed by atoms with Crippen LogP contribution in [0.15, 0.2) is 0 Å². The van der Waals surface area contributed by atoms with Crippen molar-refractivity contribution < 1.29 is 0 Å². The molecule has 0 spiro atoms. The molecule has 3 atom stereocenters. The van der Waals surface area contributed by atoms with E-state index in [0.29, 0.717) is 12.1 Å². The van der Waals surface area contributed by atoms with Crippen LogP contribution in [-0.2, 0) is 0 Å². The van der Waals surface area contributed by atoms with Crippen molar-refractivity contribution in [3.05, 3.63) is 0 Å². The van der Waals surface area contributed by atoms with Crippen molar-refractivity contribution in [1.82, 2.24) is 25.8 Å². The highest BCUT2D eigenvalue weighted by atomic mass is 15.6. The second kappa shape index (κ2) is 8.93. The Balaban J connectivity index is 1.79. The van der Waals surface area contributed by atoms with Gasteiger partial charge in [-0.2, -0.15) is 0 Å². The van der Waals surface area contributed by atoms with Gasteiger partial charge < -0.3 is 5.73 Å². The lowest BCUT2D eigenvalue weighted by atomic mass is 9.75. The molecule has 4 rings (SSSR count). The molecule has 2 saturated carbocycles. The second-order valence-corrected chi connectivity index (χ2v) is 10.9. The summed E-state index contributed by atoms with van der Waals surface area (Å²) in [5.74, 6) is -0.678. The molecule has 0 aromatic heterocycles. The van der Waals surface area contributed by atoms with Gasteiger partial charge in [0.15, 0.2) is 5.79 Å². The van der Waals surface area contributed by atoms with E-state index in [-0.39, 0.29) is 6.04 Å². The maximum atomic E-state index is 7.61. The molecule has 7 nitrogen and oxygen atoms in total. The van der Waals surface area contributed by atoms with Gasteiger partial charge in [0, 0.05) is 37.8 Å². The molecular weight excluding hydrogens is 374 g/mol. The topological polar surface area (TPSA) is 94.6 Å². The lowest BCUT2D eigenvalue weighted by molar-refractivity contribution is -0.195. The maximum Gasteiger partial charge on any atom is 0.161 e.